The lowest BCUT2D eigenvalue weighted by molar-refractivity contribution is 0.486. The molecule has 6 aromatic carbocycles. The zero-order chi connectivity index (χ0) is 40.5. The minimum Gasteiger partial charge on any atom is -0.457 e. The van der Waals surface area contributed by atoms with Gasteiger partial charge >= 0.3 is 0 Å². The van der Waals surface area contributed by atoms with Gasteiger partial charge in [0.05, 0.1) is 47.0 Å². The Balaban J connectivity index is 1.07. The summed E-state index contributed by atoms with van der Waals surface area (Å²) in [6.07, 6.45) is 3.76. The first-order valence-electron chi connectivity index (χ1n) is 20.1. The number of benzene rings is 6. The van der Waals surface area contributed by atoms with E-state index < -0.39 is 8.07 Å². The molecule has 10 rings (SSSR count). The first-order valence-corrected chi connectivity index (χ1v) is 23.6. The maximum Gasteiger partial charge on any atom is 0.235 e. The van der Waals surface area contributed by atoms with Gasteiger partial charge in [0.1, 0.15) is 17.3 Å². The van der Waals surface area contributed by atoms with Gasteiger partial charge in [-0.05, 0) is 76.3 Å². The van der Waals surface area contributed by atoms with Gasteiger partial charge in [-0.3, -0.25) is 14.0 Å². The van der Waals surface area contributed by atoms with Crippen molar-refractivity contribution in [3.63, 3.8) is 0 Å². The number of nitrogens with zero attached hydrogens (tertiary/aromatic N) is 6. The molecule has 288 valence electrons. The number of imidazole rings is 2. The summed E-state index contributed by atoms with van der Waals surface area (Å²) in [5.74, 6) is 3.11. The summed E-state index contributed by atoms with van der Waals surface area (Å²) in [4.78, 5) is 19.8. The summed E-state index contributed by atoms with van der Waals surface area (Å²) in [6.45, 7) is 13.7. The topological polar surface area (TPSA) is 70.1 Å². The van der Waals surface area contributed by atoms with Gasteiger partial charge in [-0.2, -0.15) is 0 Å². The van der Waals surface area contributed by atoms with Crippen LogP contribution >= 0.6 is 0 Å². The molecule has 0 aliphatic carbocycles. The summed E-state index contributed by atoms with van der Waals surface area (Å²) < 4.78 is 11.4. The molecule has 4 heterocycles. The molecule has 0 radical (unpaired) electrons. The third-order valence-electron chi connectivity index (χ3n) is 11.2. The van der Waals surface area contributed by atoms with Gasteiger partial charge in [0.15, 0.2) is 0 Å². The number of ether oxygens (including phenoxy) is 1. The maximum atomic E-state index is 6.96. The predicted molar refractivity (Wildman–Crippen MR) is 245 cm³/mol. The molecular formula is C51H44N6OSi. The maximum absolute atomic E-state index is 6.96. The summed E-state index contributed by atoms with van der Waals surface area (Å²) in [5.41, 5.74) is 12.3. The van der Waals surface area contributed by atoms with Crippen molar-refractivity contribution in [1.29, 1.82) is 0 Å². The Kier molecular flexibility index (Phi) is 8.58. The standard InChI is InChI=1S/C51H44N6OSi/c1-51(2,3)37-24-25-45-42(29-37)55-50-53-32-36-31-52-41(30-46(36)57(45)50)34-17-14-18-38(27-34)58-47-28-35(23-26-48(47)59(4,5)6)49-54-40-20-11-13-22-44(40)56(49)43-21-12-10-19-39(43)33-15-8-7-9-16-33/h7-32H,1-6H3. The van der Waals surface area contributed by atoms with Crippen LogP contribution in [0.3, 0.4) is 0 Å². The zero-order valence-electron chi connectivity index (χ0n) is 34.1. The number of para-hydroxylation sites is 3. The molecule has 7 nitrogen and oxygen atoms in total. The summed E-state index contributed by atoms with van der Waals surface area (Å²) in [6, 6.07) is 51.0. The van der Waals surface area contributed by atoms with E-state index in [9.17, 15) is 0 Å². The van der Waals surface area contributed by atoms with Crippen LogP contribution in [0.5, 0.6) is 11.5 Å². The highest BCUT2D eigenvalue weighted by Crippen LogP contribution is 2.37. The second-order valence-electron chi connectivity index (χ2n) is 17.3. The van der Waals surface area contributed by atoms with Crippen molar-refractivity contribution in [3.8, 4) is 51.0 Å². The normalized spacial score (nSPS) is 12.2. The van der Waals surface area contributed by atoms with Crippen LogP contribution in [0, 0.1) is 0 Å². The van der Waals surface area contributed by atoms with Gasteiger partial charge in [0.25, 0.3) is 0 Å². The Bertz CT molecular complexity index is 3230. The first kappa shape index (κ1) is 36.4. The monoisotopic (exact) mass is 784 g/mol. The van der Waals surface area contributed by atoms with Crippen LogP contribution in [0.15, 0.2) is 158 Å². The molecular weight excluding hydrogens is 741 g/mol. The molecule has 8 heteroatoms. The molecule has 0 atom stereocenters. The van der Waals surface area contributed by atoms with Gasteiger partial charge in [-0.1, -0.05) is 131 Å². The molecule has 0 spiro atoms. The Morgan fingerprint density at radius 1 is 0.576 bits per heavy atom. The first-order chi connectivity index (χ1) is 28.5. The highest BCUT2D eigenvalue weighted by molar-refractivity contribution is 6.89. The second kappa shape index (κ2) is 13.9. The molecule has 0 aliphatic heterocycles. The van der Waals surface area contributed by atoms with Crippen LogP contribution in [-0.4, -0.2) is 37.0 Å². The molecule has 0 saturated carbocycles. The summed E-state index contributed by atoms with van der Waals surface area (Å²) in [7, 11) is -1.86. The van der Waals surface area contributed by atoms with Crippen LogP contribution in [0.25, 0.3) is 78.2 Å². The van der Waals surface area contributed by atoms with Crippen LogP contribution in [0.1, 0.15) is 26.3 Å². The fourth-order valence-electron chi connectivity index (χ4n) is 8.10. The highest BCUT2D eigenvalue weighted by atomic mass is 28.3. The highest BCUT2D eigenvalue weighted by Gasteiger charge is 2.25. The largest absolute Gasteiger partial charge is 0.457 e. The lowest BCUT2D eigenvalue weighted by atomic mass is 9.87. The van der Waals surface area contributed by atoms with Crippen molar-refractivity contribution in [2.24, 2.45) is 0 Å². The van der Waals surface area contributed by atoms with E-state index in [-0.39, 0.29) is 5.41 Å². The fourth-order valence-corrected chi connectivity index (χ4v) is 9.54. The van der Waals surface area contributed by atoms with E-state index in [4.69, 9.17) is 24.7 Å². The van der Waals surface area contributed by atoms with Crippen LogP contribution in [0.4, 0.5) is 0 Å². The van der Waals surface area contributed by atoms with E-state index in [1.165, 1.54) is 10.8 Å². The van der Waals surface area contributed by atoms with Gasteiger partial charge in [-0.15, -0.1) is 0 Å². The van der Waals surface area contributed by atoms with Crippen LogP contribution < -0.4 is 9.92 Å². The molecule has 0 aliphatic rings. The van der Waals surface area contributed by atoms with Crippen molar-refractivity contribution in [3.05, 3.63) is 164 Å². The van der Waals surface area contributed by atoms with E-state index in [0.29, 0.717) is 5.78 Å². The van der Waals surface area contributed by atoms with Gasteiger partial charge < -0.3 is 4.74 Å². The minimum atomic E-state index is -1.86. The van der Waals surface area contributed by atoms with Gasteiger partial charge in [0.2, 0.25) is 5.78 Å². The molecule has 0 bridgehead atoms. The molecule has 0 N–H and O–H groups in total. The average molecular weight is 785 g/mol. The van der Waals surface area contributed by atoms with Crippen molar-refractivity contribution >= 4 is 52.0 Å². The summed E-state index contributed by atoms with van der Waals surface area (Å²) in [5, 5.41) is 2.18. The molecule has 0 fully saturated rings. The Morgan fingerprint density at radius 3 is 2.17 bits per heavy atom. The fraction of sp³-hybridized carbons (Fsp3) is 0.137. The zero-order valence-corrected chi connectivity index (χ0v) is 35.1. The van der Waals surface area contributed by atoms with Crippen LogP contribution in [-0.2, 0) is 5.41 Å². The van der Waals surface area contributed by atoms with E-state index in [1.807, 2.05) is 30.6 Å². The molecule has 10 aromatic rings. The molecule has 0 amide bonds. The Hall–Kier alpha value is -6.90. The molecule has 59 heavy (non-hydrogen) atoms. The van der Waals surface area contributed by atoms with Crippen molar-refractivity contribution in [2.45, 2.75) is 45.8 Å². The smallest absolute Gasteiger partial charge is 0.235 e. The number of rotatable bonds is 7. The number of aromatic nitrogens is 6. The van der Waals surface area contributed by atoms with E-state index in [2.05, 4.69) is 177 Å². The third-order valence-corrected chi connectivity index (χ3v) is 13.2. The number of pyridine rings is 1. The number of fused-ring (bicyclic) bond motifs is 6. The molecule has 4 aromatic heterocycles. The number of hydrogen-bond donors (Lipinski definition) is 0. The quantitative estimate of drug-likeness (QED) is 0.151. The average Bonchev–Trinajstić information content (AvgIpc) is 3.82. The van der Waals surface area contributed by atoms with E-state index >= 15 is 0 Å². The predicted octanol–water partition coefficient (Wildman–Crippen LogP) is 12.4. The van der Waals surface area contributed by atoms with Crippen molar-refractivity contribution in [1.82, 2.24) is 28.9 Å². The van der Waals surface area contributed by atoms with Crippen molar-refractivity contribution < 1.29 is 4.74 Å². The lowest BCUT2D eigenvalue weighted by Crippen LogP contribution is -2.38. The van der Waals surface area contributed by atoms with Gasteiger partial charge in [0, 0.05) is 34.5 Å². The molecule has 0 saturated heterocycles. The van der Waals surface area contributed by atoms with Crippen molar-refractivity contribution in [2.75, 3.05) is 0 Å². The summed E-state index contributed by atoms with van der Waals surface area (Å²) >= 11 is 0. The van der Waals surface area contributed by atoms with E-state index in [1.54, 1.807) is 0 Å². The van der Waals surface area contributed by atoms with E-state index in [0.717, 1.165) is 83.9 Å². The Morgan fingerprint density at radius 2 is 1.34 bits per heavy atom. The Labute approximate surface area is 344 Å². The second-order valence-corrected chi connectivity index (χ2v) is 22.4. The van der Waals surface area contributed by atoms with Crippen LogP contribution in [0.2, 0.25) is 19.6 Å². The van der Waals surface area contributed by atoms with Gasteiger partial charge in [-0.25, -0.2) is 15.0 Å². The SMILES string of the molecule is CC(C)(C)c1ccc2c(c1)nc1ncc3cnc(-c4cccc(Oc5cc(-c6nc7ccccc7n6-c6ccccc6-c6ccccc6)ccc5[Si](C)(C)C)c4)cc3n12. The molecule has 0 unspecified atom stereocenters. The number of hydrogen-bond acceptors (Lipinski definition) is 5. The third kappa shape index (κ3) is 6.55. The minimum absolute atomic E-state index is 0.0203. The lowest BCUT2D eigenvalue weighted by Gasteiger charge is -2.22.